The van der Waals surface area contributed by atoms with Crippen molar-refractivity contribution in [1.82, 2.24) is 5.32 Å². The molecule has 0 amide bonds. The lowest BCUT2D eigenvalue weighted by Crippen LogP contribution is -2.55. The monoisotopic (exact) mass is 375 g/mol. The van der Waals surface area contributed by atoms with Crippen molar-refractivity contribution in [3.63, 3.8) is 0 Å². The first-order valence-corrected chi connectivity index (χ1v) is 11.2. The van der Waals surface area contributed by atoms with Gasteiger partial charge in [0.2, 0.25) is 0 Å². The summed E-state index contributed by atoms with van der Waals surface area (Å²) in [6.07, 6.45) is 7.44. The second kappa shape index (κ2) is 8.00. The van der Waals surface area contributed by atoms with E-state index in [2.05, 4.69) is 66.8 Å². The van der Waals surface area contributed by atoms with E-state index in [9.17, 15) is 0 Å². The van der Waals surface area contributed by atoms with Crippen LogP contribution in [0.2, 0.25) is 0 Å². The molecule has 1 N–H and O–H groups in total. The molecule has 0 aliphatic heterocycles. The van der Waals surface area contributed by atoms with Gasteiger partial charge in [-0.15, -0.1) is 0 Å². The van der Waals surface area contributed by atoms with Crippen LogP contribution < -0.4 is 5.32 Å². The van der Waals surface area contributed by atoms with Gasteiger partial charge in [0.25, 0.3) is 0 Å². The third kappa shape index (κ3) is 3.77. The highest BCUT2D eigenvalue weighted by Gasteiger charge is 2.47. The molecule has 0 saturated heterocycles. The molecule has 6 rings (SSSR count). The highest BCUT2D eigenvalue weighted by molar-refractivity contribution is 5.31. The van der Waals surface area contributed by atoms with E-state index >= 15 is 0 Å². The van der Waals surface area contributed by atoms with Crippen molar-refractivity contribution >= 4 is 0 Å². The average molecular weight is 376 g/mol. The molecule has 148 valence electrons. The van der Waals surface area contributed by atoms with E-state index in [1.165, 1.54) is 48.8 Å². The smallest absolute Gasteiger partial charge is 0.108 e. The topological polar surface area (TPSA) is 21.3 Å². The van der Waals surface area contributed by atoms with Crippen molar-refractivity contribution in [3.05, 3.63) is 71.3 Å². The SMILES string of the molecule is Cc1ccc([C@H](OCCNC2C3CC4CC(C3)CC2C4)c2ccccc2)cc1. The van der Waals surface area contributed by atoms with E-state index in [4.69, 9.17) is 4.74 Å². The summed E-state index contributed by atoms with van der Waals surface area (Å²) in [5.74, 6) is 3.94. The number of hydrogen-bond donors (Lipinski definition) is 1. The molecule has 0 radical (unpaired) electrons. The number of nitrogens with one attached hydrogen (secondary N) is 1. The molecule has 2 heteroatoms. The summed E-state index contributed by atoms with van der Waals surface area (Å²) in [6, 6.07) is 20.2. The van der Waals surface area contributed by atoms with Crippen LogP contribution in [0.4, 0.5) is 0 Å². The first-order chi connectivity index (χ1) is 13.8. The van der Waals surface area contributed by atoms with Crippen LogP contribution in [-0.4, -0.2) is 19.2 Å². The predicted molar refractivity (Wildman–Crippen MR) is 114 cm³/mol. The molecule has 4 aliphatic carbocycles. The molecule has 2 nitrogen and oxygen atoms in total. The van der Waals surface area contributed by atoms with Gasteiger partial charge in [-0.3, -0.25) is 0 Å². The summed E-state index contributed by atoms with van der Waals surface area (Å²) in [5.41, 5.74) is 3.77. The fourth-order valence-corrected chi connectivity index (χ4v) is 6.41. The number of benzene rings is 2. The molecule has 4 bridgehead atoms. The van der Waals surface area contributed by atoms with Gasteiger partial charge in [-0.05, 0) is 73.8 Å². The van der Waals surface area contributed by atoms with E-state index < -0.39 is 0 Å². The van der Waals surface area contributed by atoms with Gasteiger partial charge in [0, 0.05) is 12.6 Å². The van der Waals surface area contributed by atoms with Gasteiger partial charge < -0.3 is 10.1 Å². The summed E-state index contributed by atoms with van der Waals surface area (Å²) in [6.45, 7) is 3.86. The minimum atomic E-state index is 0.0158. The zero-order chi connectivity index (χ0) is 18.9. The van der Waals surface area contributed by atoms with Crippen molar-refractivity contribution in [2.24, 2.45) is 23.7 Å². The quantitative estimate of drug-likeness (QED) is 0.644. The summed E-state index contributed by atoms with van der Waals surface area (Å²) in [4.78, 5) is 0. The van der Waals surface area contributed by atoms with E-state index in [0.717, 1.165) is 42.9 Å². The molecule has 0 heterocycles. The lowest BCUT2D eigenvalue weighted by molar-refractivity contribution is -0.0174. The molecule has 2 aromatic rings. The van der Waals surface area contributed by atoms with Crippen LogP contribution in [0.25, 0.3) is 0 Å². The Morgan fingerprint density at radius 3 is 2.07 bits per heavy atom. The fraction of sp³-hybridized carbons (Fsp3) is 0.538. The highest BCUT2D eigenvalue weighted by atomic mass is 16.5. The fourth-order valence-electron chi connectivity index (χ4n) is 6.41. The summed E-state index contributed by atoms with van der Waals surface area (Å²) < 4.78 is 6.43. The maximum Gasteiger partial charge on any atom is 0.108 e. The molecule has 28 heavy (non-hydrogen) atoms. The Kier molecular flexibility index (Phi) is 5.26. The average Bonchev–Trinajstić information content (AvgIpc) is 2.71. The lowest BCUT2D eigenvalue weighted by atomic mass is 9.54. The zero-order valence-electron chi connectivity index (χ0n) is 17.0. The number of rotatable bonds is 7. The minimum Gasteiger partial charge on any atom is -0.367 e. The molecule has 2 aromatic carbocycles. The first-order valence-electron chi connectivity index (χ1n) is 11.2. The molecule has 4 fully saturated rings. The molecule has 4 saturated carbocycles. The molecule has 1 atom stereocenters. The van der Waals surface area contributed by atoms with Crippen molar-refractivity contribution < 1.29 is 4.74 Å². The van der Waals surface area contributed by atoms with E-state index in [1.54, 1.807) is 0 Å². The number of ether oxygens (including phenoxy) is 1. The molecule has 0 unspecified atom stereocenters. The molecular formula is C26H33NO. The Bertz CT molecular complexity index is 741. The zero-order valence-corrected chi connectivity index (χ0v) is 17.0. The van der Waals surface area contributed by atoms with E-state index in [1.807, 2.05) is 0 Å². The van der Waals surface area contributed by atoms with Crippen LogP contribution in [0.1, 0.15) is 54.9 Å². The lowest BCUT2D eigenvalue weighted by Gasteiger charge is -2.54. The van der Waals surface area contributed by atoms with E-state index in [-0.39, 0.29) is 6.10 Å². The second-order valence-electron chi connectivity index (χ2n) is 9.48. The third-order valence-corrected chi connectivity index (χ3v) is 7.48. The van der Waals surface area contributed by atoms with Gasteiger partial charge in [-0.25, -0.2) is 0 Å². The van der Waals surface area contributed by atoms with Crippen molar-refractivity contribution in [2.75, 3.05) is 13.2 Å². The van der Waals surface area contributed by atoms with Crippen LogP contribution in [0.15, 0.2) is 54.6 Å². The molecule has 0 aromatic heterocycles. The first kappa shape index (κ1) is 18.4. The van der Waals surface area contributed by atoms with Crippen LogP contribution in [0.5, 0.6) is 0 Å². The Balaban J connectivity index is 1.20. The Morgan fingerprint density at radius 2 is 1.43 bits per heavy atom. The summed E-state index contributed by atoms with van der Waals surface area (Å²) in [5, 5.41) is 3.91. The van der Waals surface area contributed by atoms with Gasteiger partial charge in [0.05, 0.1) is 6.61 Å². The summed E-state index contributed by atoms with van der Waals surface area (Å²) >= 11 is 0. The maximum atomic E-state index is 6.43. The van der Waals surface area contributed by atoms with Gasteiger partial charge in [0.15, 0.2) is 0 Å². The van der Waals surface area contributed by atoms with Gasteiger partial charge in [0.1, 0.15) is 6.10 Å². The number of aryl methyl sites for hydroxylation is 1. The Hall–Kier alpha value is -1.64. The second-order valence-corrected chi connectivity index (χ2v) is 9.48. The highest BCUT2D eigenvalue weighted by Crippen LogP contribution is 2.53. The van der Waals surface area contributed by atoms with Gasteiger partial charge in [-0.1, -0.05) is 60.2 Å². The van der Waals surface area contributed by atoms with E-state index in [0.29, 0.717) is 0 Å². The van der Waals surface area contributed by atoms with Crippen LogP contribution >= 0.6 is 0 Å². The Labute approximate surface area is 169 Å². The molecular weight excluding hydrogens is 342 g/mol. The minimum absolute atomic E-state index is 0.0158. The van der Waals surface area contributed by atoms with Crippen LogP contribution in [0.3, 0.4) is 0 Å². The predicted octanol–water partition coefficient (Wildman–Crippen LogP) is 5.52. The van der Waals surface area contributed by atoms with Crippen molar-refractivity contribution in [1.29, 1.82) is 0 Å². The van der Waals surface area contributed by atoms with Crippen molar-refractivity contribution in [2.45, 2.75) is 51.2 Å². The van der Waals surface area contributed by atoms with Crippen LogP contribution in [0, 0.1) is 30.6 Å². The third-order valence-electron chi connectivity index (χ3n) is 7.48. The molecule has 4 aliphatic rings. The maximum absolute atomic E-state index is 6.43. The molecule has 0 spiro atoms. The van der Waals surface area contributed by atoms with Gasteiger partial charge in [-0.2, -0.15) is 0 Å². The van der Waals surface area contributed by atoms with Crippen LogP contribution in [-0.2, 0) is 4.74 Å². The van der Waals surface area contributed by atoms with Crippen molar-refractivity contribution in [3.8, 4) is 0 Å². The Morgan fingerprint density at radius 1 is 0.821 bits per heavy atom. The summed E-state index contributed by atoms with van der Waals surface area (Å²) in [7, 11) is 0. The normalized spacial score (nSPS) is 31.8. The standard InChI is InChI=1S/C26H33NO/c1-18-7-9-22(10-8-18)26(21-5-3-2-4-6-21)28-12-11-27-25-23-14-19-13-20(16-23)17-24(25)15-19/h2-10,19-20,23-27H,11-17H2,1H3/t19?,20?,23?,24?,25?,26-/m1/s1. The van der Waals surface area contributed by atoms with Gasteiger partial charge >= 0.3 is 0 Å². The largest absolute Gasteiger partial charge is 0.367 e. The number of hydrogen-bond acceptors (Lipinski definition) is 2.